The van der Waals surface area contributed by atoms with Gasteiger partial charge < -0.3 is 5.32 Å². The third-order valence-corrected chi connectivity index (χ3v) is 5.38. The van der Waals surface area contributed by atoms with Crippen LogP contribution in [0.4, 0.5) is 4.39 Å². The van der Waals surface area contributed by atoms with Crippen molar-refractivity contribution in [3.05, 3.63) is 95.1 Å². The summed E-state index contributed by atoms with van der Waals surface area (Å²) in [4.78, 5) is 17.9. The molecule has 28 heavy (non-hydrogen) atoms. The lowest BCUT2D eigenvalue weighted by Gasteiger charge is -2.06. The summed E-state index contributed by atoms with van der Waals surface area (Å²) in [5.41, 5.74) is 3.03. The fourth-order valence-corrected chi connectivity index (χ4v) is 3.69. The molecule has 140 valence electrons. The first-order chi connectivity index (χ1) is 13.7. The van der Waals surface area contributed by atoms with Gasteiger partial charge in [0, 0.05) is 11.4 Å². The third kappa shape index (κ3) is 4.32. The molecule has 0 aliphatic heterocycles. The number of hydrogen-bond donors (Lipinski definition) is 1. The first-order valence-electron chi connectivity index (χ1n) is 8.71. The first-order valence-corrected chi connectivity index (χ1v) is 9.53. The topological polar surface area (TPSA) is 59.8 Å². The second-order valence-electron chi connectivity index (χ2n) is 6.26. The molecule has 2 heterocycles. The maximum Gasteiger partial charge on any atom is 0.261 e. The van der Waals surface area contributed by atoms with Gasteiger partial charge >= 0.3 is 0 Å². The van der Waals surface area contributed by atoms with Gasteiger partial charge in [-0.25, -0.2) is 14.1 Å². The molecule has 0 atom stereocenters. The molecule has 1 amide bonds. The number of nitrogens with one attached hydrogen (secondary N) is 1. The molecule has 2 aromatic heterocycles. The molecule has 0 aliphatic carbocycles. The summed E-state index contributed by atoms with van der Waals surface area (Å²) in [6, 6.07) is 17.9. The molecule has 0 aliphatic rings. The van der Waals surface area contributed by atoms with E-state index in [2.05, 4.69) is 15.4 Å². The van der Waals surface area contributed by atoms with Gasteiger partial charge in [0.15, 0.2) is 0 Å². The molecule has 0 saturated carbocycles. The van der Waals surface area contributed by atoms with E-state index in [-0.39, 0.29) is 11.7 Å². The van der Waals surface area contributed by atoms with Gasteiger partial charge in [-0.05, 0) is 41.0 Å². The molecule has 2 aromatic carbocycles. The van der Waals surface area contributed by atoms with Crippen LogP contribution in [0.3, 0.4) is 0 Å². The van der Waals surface area contributed by atoms with E-state index in [1.807, 2.05) is 30.3 Å². The highest BCUT2D eigenvalue weighted by Crippen LogP contribution is 2.28. The Morgan fingerprint density at radius 1 is 1.00 bits per heavy atom. The number of nitrogens with zero attached hydrogens (tertiary/aromatic N) is 3. The number of carbonyl (C=O) groups excluding carboxylic acids is 1. The largest absolute Gasteiger partial charge is 0.347 e. The molecule has 4 rings (SSSR count). The summed E-state index contributed by atoms with van der Waals surface area (Å²) in [5.74, 6) is -0.393. The summed E-state index contributed by atoms with van der Waals surface area (Å²) in [6.45, 7) is 1.11. The standard InChI is InChI=1S/C21H17FN4OS/c22-18-7-5-17(6-8-18)19-9-10-20(28-19)21(27)24-11-15-1-3-16(4-2-15)12-26-14-23-13-25-26/h1-10,13-14H,11-12H2,(H,24,27). The average Bonchev–Trinajstić information content (AvgIpc) is 3.40. The van der Waals surface area contributed by atoms with Crippen LogP contribution in [0.2, 0.25) is 0 Å². The molecular formula is C21H17FN4OS. The maximum absolute atomic E-state index is 13.0. The van der Waals surface area contributed by atoms with Crippen molar-refractivity contribution >= 4 is 17.2 Å². The van der Waals surface area contributed by atoms with Crippen molar-refractivity contribution < 1.29 is 9.18 Å². The lowest BCUT2D eigenvalue weighted by atomic mass is 10.1. The number of aromatic nitrogens is 3. The Morgan fingerprint density at radius 2 is 1.75 bits per heavy atom. The summed E-state index contributed by atoms with van der Waals surface area (Å²) >= 11 is 1.39. The fraction of sp³-hybridized carbons (Fsp3) is 0.0952. The van der Waals surface area contributed by atoms with E-state index < -0.39 is 0 Å². The van der Waals surface area contributed by atoms with E-state index in [4.69, 9.17) is 0 Å². The number of rotatable bonds is 6. The van der Waals surface area contributed by atoms with Gasteiger partial charge in [0.25, 0.3) is 5.91 Å². The van der Waals surface area contributed by atoms with E-state index in [1.54, 1.807) is 29.2 Å². The van der Waals surface area contributed by atoms with Crippen LogP contribution >= 0.6 is 11.3 Å². The zero-order chi connectivity index (χ0) is 19.3. The molecule has 0 unspecified atom stereocenters. The molecule has 1 N–H and O–H groups in total. The number of amides is 1. The molecule has 4 aromatic rings. The number of benzene rings is 2. The Bertz CT molecular complexity index is 1060. The van der Waals surface area contributed by atoms with Gasteiger partial charge in [-0.15, -0.1) is 11.3 Å². The van der Waals surface area contributed by atoms with Crippen molar-refractivity contribution in [2.24, 2.45) is 0 Å². The minimum Gasteiger partial charge on any atom is -0.347 e. The lowest BCUT2D eigenvalue weighted by molar-refractivity contribution is 0.0955. The first kappa shape index (κ1) is 18.1. The molecule has 7 heteroatoms. The van der Waals surface area contributed by atoms with Crippen LogP contribution in [0, 0.1) is 5.82 Å². The van der Waals surface area contributed by atoms with Crippen LogP contribution < -0.4 is 5.32 Å². The highest BCUT2D eigenvalue weighted by atomic mass is 32.1. The van der Waals surface area contributed by atoms with Crippen molar-refractivity contribution in [3.63, 3.8) is 0 Å². The molecule has 0 fully saturated rings. The molecular weight excluding hydrogens is 375 g/mol. The molecule has 0 bridgehead atoms. The highest BCUT2D eigenvalue weighted by molar-refractivity contribution is 7.17. The van der Waals surface area contributed by atoms with E-state index in [1.165, 1.54) is 29.8 Å². The van der Waals surface area contributed by atoms with E-state index in [0.29, 0.717) is 18.0 Å². The number of hydrogen-bond acceptors (Lipinski definition) is 4. The van der Waals surface area contributed by atoms with E-state index in [0.717, 1.165) is 21.6 Å². The van der Waals surface area contributed by atoms with Gasteiger partial charge in [-0.1, -0.05) is 36.4 Å². The average molecular weight is 392 g/mol. The SMILES string of the molecule is O=C(NCc1ccc(Cn2cncn2)cc1)c1ccc(-c2ccc(F)cc2)s1. The quantitative estimate of drug-likeness (QED) is 0.537. The summed E-state index contributed by atoms with van der Waals surface area (Å²) in [6.07, 6.45) is 3.19. The number of thiophene rings is 1. The predicted molar refractivity (Wildman–Crippen MR) is 106 cm³/mol. The number of halogens is 1. The van der Waals surface area contributed by atoms with Gasteiger partial charge in [-0.3, -0.25) is 4.79 Å². The monoisotopic (exact) mass is 392 g/mol. The summed E-state index contributed by atoms with van der Waals surface area (Å²) < 4.78 is 14.8. The molecule has 0 radical (unpaired) electrons. The van der Waals surface area contributed by atoms with Gasteiger partial charge in [0.1, 0.15) is 18.5 Å². The Kier molecular flexibility index (Phi) is 5.25. The zero-order valence-electron chi connectivity index (χ0n) is 14.9. The van der Waals surface area contributed by atoms with E-state index >= 15 is 0 Å². The van der Waals surface area contributed by atoms with Gasteiger partial charge in [-0.2, -0.15) is 5.10 Å². The summed E-state index contributed by atoms with van der Waals surface area (Å²) in [7, 11) is 0. The van der Waals surface area contributed by atoms with Gasteiger partial charge in [0.05, 0.1) is 11.4 Å². The van der Waals surface area contributed by atoms with Crippen LogP contribution in [0.15, 0.2) is 73.3 Å². The van der Waals surface area contributed by atoms with Crippen LogP contribution in [0.25, 0.3) is 10.4 Å². The smallest absolute Gasteiger partial charge is 0.261 e. The normalized spacial score (nSPS) is 10.8. The Balaban J connectivity index is 1.34. The van der Waals surface area contributed by atoms with Gasteiger partial charge in [0.2, 0.25) is 0 Å². The van der Waals surface area contributed by atoms with Crippen molar-refractivity contribution in [3.8, 4) is 10.4 Å². The Labute approximate surface area is 165 Å². The van der Waals surface area contributed by atoms with Crippen LogP contribution in [-0.2, 0) is 13.1 Å². The lowest BCUT2D eigenvalue weighted by Crippen LogP contribution is -2.21. The van der Waals surface area contributed by atoms with Crippen LogP contribution in [0.5, 0.6) is 0 Å². The predicted octanol–water partition coefficient (Wildman–Crippen LogP) is 4.12. The van der Waals surface area contributed by atoms with Crippen molar-refractivity contribution in [2.75, 3.05) is 0 Å². The molecule has 5 nitrogen and oxygen atoms in total. The molecule has 0 spiro atoms. The highest BCUT2D eigenvalue weighted by Gasteiger charge is 2.10. The second kappa shape index (κ2) is 8.14. The minimum atomic E-state index is -0.273. The van der Waals surface area contributed by atoms with Crippen LogP contribution in [0.1, 0.15) is 20.8 Å². The van der Waals surface area contributed by atoms with Crippen molar-refractivity contribution in [2.45, 2.75) is 13.1 Å². The van der Waals surface area contributed by atoms with E-state index in [9.17, 15) is 9.18 Å². The number of carbonyl (C=O) groups is 1. The maximum atomic E-state index is 13.0. The second-order valence-corrected chi connectivity index (χ2v) is 7.35. The Hall–Kier alpha value is -3.32. The third-order valence-electron chi connectivity index (χ3n) is 4.25. The zero-order valence-corrected chi connectivity index (χ0v) is 15.7. The van der Waals surface area contributed by atoms with Crippen LogP contribution in [-0.4, -0.2) is 20.7 Å². The van der Waals surface area contributed by atoms with Crippen molar-refractivity contribution in [1.29, 1.82) is 0 Å². The Morgan fingerprint density at radius 3 is 2.46 bits per heavy atom. The minimum absolute atomic E-state index is 0.120. The molecule has 0 saturated heterocycles. The fourth-order valence-electron chi connectivity index (χ4n) is 2.76. The van der Waals surface area contributed by atoms with Crippen molar-refractivity contribution in [1.82, 2.24) is 20.1 Å². The summed E-state index contributed by atoms with van der Waals surface area (Å²) in [5, 5.41) is 7.02.